The summed E-state index contributed by atoms with van der Waals surface area (Å²) in [5.74, 6) is 0.0941. The van der Waals surface area contributed by atoms with E-state index >= 15 is 0 Å². The van der Waals surface area contributed by atoms with Gasteiger partial charge in [-0.2, -0.15) is 0 Å². The van der Waals surface area contributed by atoms with Crippen LogP contribution in [0.15, 0.2) is 34.8 Å². The first-order valence-electron chi connectivity index (χ1n) is 7.83. The van der Waals surface area contributed by atoms with Crippen LogP contribution in [0.3, 0.4) is 0 Å². The lowest BCUT2D eigenvalue weighted by atomic mass is 10.2. The predicted molar refractivity (Wildman–Crippen MR) is 94.3 cm³/mol. The molecule has 2 heterocycles. The van der Waals surface area contributed by atoms with Crippen molar-refractivity contribution in [3.8, 4) is 5.69 Å². The Kier molecular flexibility index (Phi) is 4.60. The van der Waals surface area contributed by atoms with Crippen LogP contribution in [0.1, 0.15) is 28.7 Å². The Bertz CT molecular complexity index is 721. The first-order chi connectivity index (χ1) is 11.0. The summed E-state index contributed by atoms with van der Waals surface area (Å²) in [6.45, 7) is 7.97. The maximum absolute atomic E-state index is 12.9. The molecular weight excluding hydrogens is 356 g/mol. The van der Waals surface area contributed by atoms with E-state index in [0.717, 1.165) is 27.1 Å². The molecule has 1 aromatic carbocycles. The van der Waals surface area contributed by atoms with Crippen LogP contribution in [0.25, 0.3) is 5.69 Å². The zero-order valence-electron chi connectivity index (χ0n) is 13.7. The van der Waals surface area contributed by atoms with Gasteiger partial charge >= 0.3 is 0 Å². The number of ether oxygens (including phenoxy) is 1. The van der Waals surface area contributed by atoms with Gasteiger partial charge in [-0.3, -0.25) is 4.79 Å². The predicted octanol–water partition coefficient (Wildman–Crippen LogP) is 3.72. The molecule has 1 aliphatic rings. The second-order valence-corrected chi connectivity index (χ2v) is 6.94. The Hall–Kier alpha value is -1.59. The number of benzene rings is 1. The molecule has 1 unspecified atom stereocenters. The van der Waals surface area contributed by atoms with Gasteiger partial charge in [-0.05, 0) is 51.1 Å². The molecule has 3 rings (SSSR count). The molecule has 1 amide bonds. The van der Waals surface area contributed by atoms with Crippen molar-refractivity contribution in [1.29, 1.82) is 0 Å². The van der Waals surface area contributed by atoms with Gasteiger partial charge in [-0.1, -0.05) is 15.9 Å². The molecule has 0 spiro atoms. The number of carbonyl (C=O) groups is 1. The third kappa shape index (κ3) is 3.21. The molecule has 5 heteroatoms. The number of aryl methyl sites for hydroxylation is 1. The Morgan fingerprint density at radius 1 is 1.26 bits per heavy atom. The van der Waals surface area contributed by atoms with Gasteiger partial charge in [0.2, 0.25) is 0 Å². The molecule has 1 fully saturated rings. The molecular formula is C18H21BrN2O2. The summed E-state index contributed by atoms with van der Waals surface area (Å²) >= 11 is 3.46. The highest BCUT2D eigenvalue weighted by Crippen LogP contribution is 2.24. The summed E-state index contributed by atoms with van der Waals surface area (Å²) in [6, 6.07) is 10.1. The minimum Gasteiger partial charge on any atom is -0.375 e. The number of aromatic nitrogens is 1. The lowest BCUT2D eigenvalue weighted by Crippen LogP contribution is -2.44. The van der Waals surface area contributed by atoms with E-state index in [1.807, 2.05) is 43.9 Å². The molecule has 122 valence electrons. The average Bonchev–Trinajstić information content (AvgIpc) is 2.82. The molecule has 0 radical (unpaired) electrons. The maximum atomic E-state index is 12.9. The van der Waals surface area contributed by atoms with E-state index in [9.17, 15) is 4.79 Å². The normalized spacial score (nSPS) is 18.3. The number of hydrogen-bond acceptors (Lipinski definition) is 2. The summed E-state index contributed by atoms with van der Waals surface area (Å²) in [4.78, 5) is 14.8. The largest absolute Gasteiger partial charge is 0.375 e. The fraction of sp³-hybridized carbons (Fsp3) is 0.389. The number of halogens is 1. The van der Waals surface area contributed by atoms with Crippen LogP contribution >= 0.6 is 15.9 Å². The molecule has 4 nitrogen and oxygen atoms in total. The topological polar surface area (TPSA) is 34.5 Å². The first-order valence-corrected chi connectivity index (χ1v) is 8.62. The van der Waals surface area contributed by atoms with Crippen LogP contribution in [0, 0.1) is 13.8 Å². The number of morpholine rings is 1. The number of rotatable bonds is 2. The maximum Gasteiger partial charge on any atom is 0.255 e. The van der Waals surface area contributed by atoms with Gasteiger partial charge < -0.3 is 14.2 Å². The highest BCUT2D eigenvalue weighted by molar-refractivity contribution is 9.10. The van der Waals surface area contributed by atoms with Crippen LogP contribution in [0.4, 0.5) is 0 Å². The third-order valence-corrected chi connectivity index (χ3v) is 4.80. The lowest BCUT2D eigenvalue weighted by Gasteiger charge is -2.31. The third-order valence-electron chi connectivity index (χ3n) is 4.27. The average molecular weight is 377 g/mol. The Labute approximate surface area is 145 Å². The highest BCUT2D eigenvalue weighted by atomic mass is 79.9. The van der Waals surface area contributed by atoms with E-state index < -0.39 is 0 Å². The minimum atomic E-state index is 0.0941. The zero-order chi connectivity index (χ0) is 16.6. The number of carbonyl (C=O) groups excluding carboxylic acids is 1. The van der Waals surface area contributed by atoms with E-state index in [0.29, 0.717) is 19.7 Å². The molecule has 2 aromatic rings. The van der Waals surface area contributed by atoms with E-state index in [1.54, 1.807) is 0 Å². The van der Waals surface area contributed by atoms with Gasteiger partial charge in [-0.15, -0.1) is 0 Å². The van der Waals surface area contributed by atoms with Gasteiger partial charge in [0.25, 0.3) is 5.91 Å². The summed E-state index contributed by atoms with van der Waals surface area (Å²) in [7, 11) is 0. The van der Waals surface area contributed by atoms with E-state index in [2.05, 4.69) is 32.6 Å². The minimum absolute atomic E-state index is 0.0941. The quantitative estimate of drug-likeness (QED) is 0.800. The second-order valence-electron chi connectivity index (χ2n) is 6.03. The van der Waals surface area contributed by atoms with Gasteiger partial charge in [0.1, 0.15) is 0 Å². The molecule has 1 atom stereocenters. The van der Waals surface area contributed by atoms with Crippen molar-refractivity contribution >= 4 is 21.8 Å². The fourth-order valence-corrected chi connectivity index (χ4v) is 3.40. The fourth-order valence-electron chi connectivity index (χ4n) is 3.14. The van der Waals surface area contributed by atoms with E-state index in [1.165, 1.54) is 0 Å². The van der Waals surface area contributed by atoms with Gasteiger partial charge in [-0.25, -0.2) is 0 Å². The monoisotopic (exact) mass is 376 g/mol. The van der Waals surface area contributed by atoms with Crippen molar-refractivity contribution in [3.63, 3.8) is 0 Å². The Morgan fingerprint density at radius 2 is 1.96 bits per heavy atom. The molecule has 23 heavy (non-hydrogen) atoms. The van der Waals surface area contributed by atoms with Gasteiger partial charge in [0, 0.05) is 34.6 Å². The van der Waals surface area contributed by atoms with Crippen molar-refractivity contribution in [1.82, 2.24) is 9.47 Å². The summed E-state index contributed by atoms with van der Waals surface area (Å²) < 4.78 is 8.70. The molecule has 1 aliphatic heterocycles. The smallest absolute Gasteiger partial charge is 0.255 e. The van der Waals surface area contributed by atoms with Crippen molar-refractivity contribution in [2.75, 3.05) is 19.7 Å². The molecule has 0 saturated carbocycles. The van der Waals surface area contributed by atoms with E-state index in [4.69, 9.17) is 4.74 Å². The van der Waals surface area contributed by atoms with Gasteiger partial charge in [0.15, 0.2) is 0 Å². The van der Waals surface area contributed by atoms with Crippen LogP contribution in [0.5, 0.6) is 0 Å². The van der Waals surface area contributed by atoms with Crippen molar-refractivity contribution in [2.24, 2.45) is 0 Å². The summed E-state index contributed by atoms with van der Waals surface area (Å²) in [5, 5.41) is 0. The number of amides is 1. The highest BCUT2D eigenvalue weighted by Gasteiger charge is 2.25. The lowest BCUT2D eigenvalue weighted by molar-refractivity contribution is -0.0124. The molecule has 0 bridgehead atoms. The molecule has 1 saturated heterocycles. The van der Waals surface area contributed by atoms with Gasteiger partial charge in [0.05, 0.1) is 18.3 Å². The Balaban J connectivity index is 1.94. The number of hydrogen-bond donors (Lipinski definition) is 0. The summed E-state index contributed by atoms with van der Waals surface area (Å²) in [6.07, 6.45) is 0.0997. The molecule has 0 N–H and O–H groups in total. The van der Waals surface area contributed by atoms with Crippen LogP contribution in [0.2, 0.25) is 0 Å². The number of nitrogens with zero attached hydrogens (tertiary/aromatic N) is 2. The standard InChI is InChI=1S/C18H21BrN2O2/c1-12-10-17(18(22)20-8-9-23-13(2)11-20)14(3)21(12)16-6-4-15(19)5-7-16/h4-7,10,13H,8-9,11H2,1-3H3. The van der Waals surface area contributed by atoms with Crippen LogP contribution < -0.4 is 0 Å². The van der Waals surface area contributed by atoms with E-state index in [-0.39, 0.29) is 12.0 Å². The second kappa shape index (κ2) is 6.49. The van der Waals surface area contributed by atoms with Crippen molar-refractivity contribution in [2.45, 2.75) is 26.9 Å². The summed E-state index contributed by atoms with van der Waals surface area (Å²) in [5.41, 5.74) is 3.89. The molecule has 0 aliphatic carbocycles. The molecule has 1 aromatic heterocycles. The van der Waals surface area contributed by atoms with Crippen molar-refractivity contribution in [3.05, 3.63) is 51.8 Å². The Morgan fingerprint density at radius 3 is 2.61 bits per heavy atom. The zero-order valence-corrected chi connectivity index (χ0v) is 15.3. The van der Waals surface area contributed by atoms with Crippen LogP contribution in [-0.4, -0.2) is 41.2 Å². The van der Waals surface area contributed by atoms with Crippen molar-refractivity contribution < 1.29 is 9.53 Å². The SMILES string of the molecule is Cc1cc(C(=O)N2CCOC(C)C2)c(C)n1-c1ccc(Br)cc1. The first kappa shape index (κ1) is 16.3. The van der Waals surface area contributed by atoms with Crippen LogP contribution in [-0.2, 0) is 4.74 Å².